The molecule has 0 saturated heterocycles. The first-order valence-electron chi connectivity index (χ1n) is 6.16. The molecule has 0 amide bonds. The van der Waals surface area contributed by atoms with Crippen molar-refractivity contribution < 1.29 is 9.13 Å². The van der Waals surface area contributed by atoms with Gasteiger partial charge in [0.25, 0.3) is 0 Å². The van der Waals surface area contributed by atoms with Crippen molar-refractivity contribution in [3.63, 3.8) is 0 Å². The fourth-order valence-electron chi connectivity index (χ4n) is 2.37. The van der Waals surface area contributed by atoms with Crippen LogP contribution in [-0.4, -0.2) is 7.11 Å². The van der Waals surface area contributed by atoms with E-state index in [9.17, 15) is 4.39 Å². The monoisotopic (exact) mass is 259 g/mol. The fraction of sp³-hybridized carbons (Fsp3) is 0.250. The van der Waals surface area contributed by atoms with Crippen molar-refractivity contribution in [3.8, 4) is 5.75 Å². The summed E-state index contributed by atoms with van der Waals surface area (Å²) in [6.07, 6.45) is 0. The van der Waals surface area contributed by atoms with Crippen LogP contribution in [0.5, 0.6) is 5.75 Å². The number of aryl methyl sites for hydroxylation is 1. The Labute approximate surface area is 113 Å². The van der Waals surface area contributed by atoms with Gasteiger partial charge in [-0.3, -0.25) is 0 Å². The molecule has 1 unspecified atom stereocenters. The zero-order valence-corrected chi connectivity index (χ0v) is 11.4. The van der Waals surface area contributed by atoms with Gasteiger partial charge in [-0.2, -0.15) is 0 Å². The average molecular weight is 259 g/mol. The molecule has 0 aliphatic heterocycles. The van der Waals surface area contributed by atoms with Crippen molar-refractivity contribution in [3.05, 3.63) is 65.0 Å². The maximum absolute atomic E-state index is 13.9. The largest absolute Gasteiger partial charge is 0.497 e. The Kier molecular flexibility index (Phi) is 3.58. The van der Waals surface area contributed by atoms with Crippen LogP contribution in [0.15, 0.2) is 42.5 Å². The number of methoxy groups -OCH3 is 1. The lowest BCUT2D eigenvalue weighted by Crippen LogP contribution is -2.36. The smallest absolute Gasteiger partial charge is 0.128 e. The Morgan fingerprint density at radius 2 is 1.79 bits per heavy atom. The summed E-state index contributed by atoms with van der Waals surface area (Å²) in [6.45, 7) is 3.77. The van der Waals surface area contributed by atoms with E-state index < -0.39 is 5.54 Å². The number of ether oxygens (including phenoxy) is 1. The molecule has 2 aromatic rings. The summed E-state index contributed by atoms with van der Waals surface area (Å²) in [5.74, 6) is 0.480. The number of halogens is 1. The standard InChI is InChI=1S/C16H18FNO/c1-11-10-12(19-3)8-9-13(11)16(2,18)14-6-4-5-7-15(14)17/h4-10H,18H2,1-3H3. The topological polar surface area (TPSA) is 35.2 Å². The second-order valence-electron chi connectivity index (χ2n) is 4.86. The van der Waals surface area contributed by atoms with Gasteiger partial charge in [0, 0.05) is 5.56 Å². The van der Waals surface area contributed by atoms with Crippen molar-refractivity contribution >= 4 is 0 Å². The van der Waals surface area contributed by atoms with E-state index in [1.165, 1.54) is 6.07 Å². The lowest BCUT2D eigenvalue weighted by molar-refractivity contribution is 0.413. The molecule has 2 aromatic carbocycles. The van der Waals surface area contributed by atoms with Crippen molar-refractivity contribution in [1.29, 1.82) is 0 Å². The first kappa shape index (κ1) is 13.6. The normalized spacial score (nSPS) is 13.9. The van der Waals surface area contributed by atoms with E-state index >= 15 is 0 Å². The van der Waals surface area contributed by atoms with E-state index in [0.29, 0.717) is 5.56 Å². The van der Waals surface area contributed by atoms with Gasteiger partial charge in [-0.1, -0.05) is 24.3 Å². The molecule has 2 nitrogen and oxygen atoms in total. The molecule has 0 radical (unpaired) electrons. The lowest BCUT2D eigenvalue weighted by atomic mass is 9.83. The summed E-state index contributed by atoms with van der Waals surface area (Å²) in [6, 6.07) is 12.2. The molecular formula is C16H18FNO. The van der Waals surface area contributed by atoms with Crippen molar-refractivity contribution in [2.45, 2.75) is 19.4 Å². The Morgan fingerprint density at radius 3 is 2.37 bits per heavy atom. The SMILES string of the molecule is COc1ccc(C(C)(N)c2ccccc2F)c(C)c1. The lowest BCUT2D eigenvalue weighted by Gasteiger charge is -2.28. The van der Waals surface area contributed by atoms with E-state index in [2.05, 4.69) is 0 Å². The first-order valence-corrected chi connectivity index (χ1v) is 6.16. The molecular weight excluding hydrogens is 241 g/mol. The van der Waals surface area contributed by atoms with Crippen LogP contribution in [0.1, 0.15) is 23.6 Å². The van der Waals surface area contributed by atoms with Crippen LogP contribution in [-0.2, 0) is 5.54 Å². The molecule has 0 aliphatic rings. The molecule has 0 saturated carbocycles. The van der Waals surface area contributed by atoms with Gasteiger partial charge in [-0.05, 0) is 43.2 Å². The van der Waals surface area contributed by atoms with Gasteiger partial charge in [-0.25, -0.2) is 4.39 Å². The van der Waals surface area contributed by atoms with E-state index in [4.69, 9.17) is 10.5 Å². The number of hydrogen-bond donors (Lipinski definition) is 1. The van der Waals surface area contributed by atoms with Crippen molar-refractivity contribution in [2.75, 3.05) is 7.11 Å². The maximum Gasteiger partial charge on any atom is 0.128 e. The summed E-state index contributed by atoms with van der Waals surface area (Å²) >= 11 is 0. The molecule has 0 heterocycles. The molecule has 0 spiro atoms. The molecule has 3 heteroatoms. The number of hydrogen-bond acceptors (Lipinski definition) is 2. The van der Waals surface area contributed by atoms with Crippen LogP contribution in [0.3, 0.4) is 0 Å². The second kappa shape index (κ2) is 5.02. The average Bonchev–Trinajstić information content (AvgIpc) is 2.38. The number of benzene rings is 2. The minimum atomic E-state index is -0.873. The minimum Gasteiger partial charge on any atom is -0.497 e. The molecule has 1 atom stereocenters. The maximum atomic E-state index is 13.9. The third-order valence-electron chi connectivity index (χ3n) is 3.43. The minimum absolute atomic E-state index is 0.289. The quantitative estimate of drug-likeness (QED) is 0.917. The molecule has 0 aliphatic carbocycles. The van der Waals surface area contributed by atoms with Crippen LogP contribution < -0.4 is 10.5 Å². The van der Waals surface area contributed by atoms with Gasteiger partial charge in [0.05, 0.1) is 12.6 Å². The molecule has 0 aromatic heterocycles. The fourth-order valence-corrected chi connectivity index (χ4v) is 2.37. The highest BCUT2D eigenvalue weighted by Crippen LogP contribution is 2.32. The van der Waals surface area contributed by atoms with Gasteiger partial charge in [0.15, 0.2) is 0 Å². The predicted octanol–water partition coefficient (Wildman–Crippen LogP) is 3.36. The van der Waals surface area contributed by atoms with Crippen molar-refractivity contribution in [1.82, 2.24) is 0 Å². The van der Waals surface area contributed by atoms with Crippen LogP contribution in [0.25, 0.3) is 0 Å². The third-order valence-corrected chi connectivity index (χ3v) is 3.43. The Hall–Kier alpha value is -1.87. The summed E-state index contributed by atoms with van der Waals surface area (Å²) in [5, 5.41) is 0. The van der Waals surface area contributed by atoms with E-state index in [1.807, 2.05) is 32.0 Å². The van der Waals surface area contributed by atoms with Gasteiger partial charge in [-0.15, -0.1) is 0 Å². The Balaban J connectivity index is 2.53. The highest BCUT2D eigenvalue weighted by atomic mass is 19.1. The molecule has 0 bridgehead atoms. The summed E-state index contributed by atoms with van der Waals surface area (Å²) in [5.41, 5.74) is 7.85. The highest BCUT2D eigenvalue weighted by Gasteiger charge is 2.28. The van der Waals surface area contributed by atoms with Gasteiger partial charge >= 0.3 is 0 Å². The Morgan fingerprint density at radius 1 is 1.11 bits per heavy atom. The summed E-state index contributed by atoms with van der Waals surface area (Å²) in [7, 11) is 1.62. The second-order valence-corrected chi connectivity index (χ2v) is 4.86. The third kappa shape index (κ3) is 2.47. The van der Waals surface area contributed by atoms with E-state index in [-0.39, 0.29) is 5.82 Å². The summed E-state index contributed by atoms with van der Waals surface area (Å²) in [4.78, 5) is 0. The molecule has 2 N–H and O–H groups in total. The van der Waals surface area contributed by atoms with Gasteiger partial charge in [0.2, 0.25) is 0 Å². The summed E-state index contributed by atoms with van der Waals surface area (Å²) < 4.78 is 19.1. The van der Waals surface area contributed by atoms with Crippen LogP contribution in [0.4, 0.5) is 4.39 Å². The zero-order valence-electron chi connectivity index (χ0n) is 11.4. The number of nitrogens with two attached hydrogens (primary N) is 1. The van der Waals surface area contributed by atoms with E-state index in [0.717, 1.165) is 16.9 Å². The van der Waals surface area contributed by atoms with Crippen molar-refractivity contribution in [2.24, 2.45) is 5.73 Å². The predicted molar refractivity (Wildman–Crippen MR) is 74.8 cm³/mol. The highest BCUT2D eigenvalue weighted by molar-refractivity contribution is 5.44. The molecule has 19 heavy (non-hydrogen) atoms. The van der Waals surface area contributed by atoms with Gasteiger partial charge < -0.3 is 10.5 Å². The first-order chi connectivity index (χ1) is 8.96. The Bertz CT molecular complexity index is 593. The number of rotatable bonds is 3. The van der Waals surface area contributed by atoms with E-state index in [1.54, 1.807) is 25.3 Å². The van der Waals surface area contributed by atoms with Gasteiger partial charge in [0.1, 0.15) is 11.6 Å². The molecule has 0 fully saturated rings. The molecule has 2 rings (SSSR count). The van der Waals surface area contributed by atoms with Crippen LogP contribution in [0.2, 0.25) is 0 Å². The zero-order chi connectivity index (χ0) is 14.0. The van der Waals surface area contributed by atoms with Crippen LogP contribution >= 0.6 is 0 Å². The molecule has 100 valence electrons. The van der Waals surface area contributed by atoms with Crippen LogP contribution in [0, 0.1) is 12.7 Å².